The summed E-state index contributed by atoms with van der Waals surface area (Å²) in [7, 11) is 0. The number of aromatic nitrogens is 2. The molecule has 94 valence electrons. The first-order valence-corrected chi connectivity index (χ1v) is 6.11. The summed E-state index contributed by atoms with van der Waals surface area (Å²) in [5.74, 6) is 1.87. The molecule has 18 heavy (non-hydrogen) atoms. The largest absolute Gasteiger partial charge is 0.480 e. The van der Waals surface area contributed by atoms with Gasteiger partial charge in [-0.2, -0.15) is 0 Å². The van der Waals surface area contributed by atoms with Crippen LogP contribution < -0.4 is 10.5 Å². The molecule has 1 aliphatic heterocycles. The second kappa shape index (κ2) is 4.42. The monoisotopic (exact) mass is 245 g/mol. The standard InChI is InChI=1S/C13H15N3O2/c1-2-9(14)12-15-16-13(18-12)11-7-8-5-3-4-6-10(8)17-11/h3-6,9,11H,2,7,14H2,1H3. The van der Waals surface area contributed by atoms with Crippen LogP contribution in [0, 0.1) is 0 Å². The van der Waals surface area contributed by atoms with Gasteiger partial charge in [0.05, 0.1) is 6.04 Å². The average molecular weight is 245 g/mol. The Balaban J connectivity index is 1.80. The number of fused-ring (bicyclic) bond motifs is 1. The van der Waals surface area contributed by atoms with Gasteiger partial charge in [-0.25, -0.2) is 0 Å². The van der Waals surface area contributed by atoms with E-state index in [4.69, 9.17) is 14.9 Å². The highest BCUT2D eigenvalue weighted by molar-refractivity contribution is 5.37. The van der Waals surface area contributed by atoms with Gasteiger partial charge in [-0.15, -0.1) is 10.2 Å². The molecule has 0 amide bonds. The van der Waals surface area contributed by atoms with Crippen LogP contribution in [0.25, 0.3) is 0 Å². The fourth-order valence-electron chi connectivity index (χ4n) is 2.02. The summed E-state index contributed by atoms with van der Waals surface area (Å²) >= 11 is 0. The van der Waals surface area contributed by atoms with E-state index in [1.807, 2.05) is 31.2 Å². The zero-order valence-electron chi connectivity index (χ0n) is 10.2. The maximum absolute atomic E-state index is 5.85. The third-order valence-corrected chi connectivity index (χ3v) is 3.14. The number of benzene rings is 1. The summed E-state index contributed by atoms with van der Waals surface area (Å²) in [5, 5.41) is 8.00. The highest BCUT2D eigenvalue weighted by atomic mass is 16.5. The van der Waals surface area contributed by atoms with Crippen molar-refractivity contribution in [3.63, 3.8) is 0 Å². The van der Waals surface area contributed by atoms with Crippen molar-refractivity contribution in [2.75, 3.05) is 0 Å². The van der Waals surface area contributed by atoms with Crippen LogP contribution in [0.3, 0.4) is 0 Å². The number of nitrogens with two attached hydrogens (primary N) is 1. The van der Waals surface area contributed by atoms with Crippen molar-refractivity contribution in [2.45, 2.75) is 31.9 Å². The van der Waals surface area contributed by atoms with Crippen LogP contribution in [0.15, 0.2) is 28.7 Å². The maximum Gasteiger partial charge on any atom is 0.257 e. The number of rotatable bonds is 3. The van der Waals surface area contributed by atoms with E-state index in [9.17, 15) is 0 Å². The van der Waals surface area contributed by atoms with Crippen LogP contribution >= 0.6 is 0 Å². The summed E-state index contributed by atoms with van der Waals surface area (Å²) in [4.78, 5) is 0. The molecule has 2 N–H and O–H groups in total. The van der Waals surface area contributed by atoms with E-state index >= 15 is 0 Å². The molecule has 0 bridgehead atoms. The van der Waals surface area contributed by atoms with Crippen molar-refractivity contribution in [3.8, 4) is 5.75 Å². The van der Waals surface area contributed by atoms with E-state index in [2.05, 4.69) is 10.2 Å². The normalized spacial score (nSPS) is 19.3. The van der Waals surface area contributed by atoms with Crippen LogP contribution in [0.2, 0.25) is 0 Å². The average Bonchev–Trinajstić information content (AvgIpc) is 3.03. The number of hydrogen-bond donors (Lipinski definition) is 1. The smallest absolute Gasteiger partial charge is 0.257 e. The van der Waals surface area contributed by atoms with Gasteiger partial charge >= 0.3 is 0 Å². The van der Waals surface area contributed by atoms with Gasteiger partial charge in [0.25, 0.3) is 5.89 Å². The Morgan fingerprint density at radius 1 is 1.39 bits per heavy atom. The van der Waals surface area contributed by atoms with E-state index in [1.165, 1.54) is 5.56 Å². The molecule has 2 atom stereocenters. The number of ether oxygens (including phenoxy) is 1. The Morgan fingerprint density at radius 3 is 3.00 bits per heavy atom. The quantitative estimate of drug-likeness (QED) is 0.896. The van der Waals surface area contributed by atoms with Gasteiger partial charge < -0.3 is 14.9 Å². The van der Waals surface area contributed by atoms with Crippen molar-refractivity contribution in [2.24, 2.45) is 5.73 Å². The summed E-state index contributed by atoms with van der Waals surface area (Å²) in [6.45, 7) is 1.98. The SMILES string of the molecule is CCC(N)c1nnc(C2Cc3ccccc3O2)o1. The van der Waals surface area contributed by atoms with Crippen molar-refractivity contribution >= 4 is 0 Å². The second-order valence-electron chi connectivity index (χ2n) is 4.41. The van der Waals surface area contributed by atoms with Crippen LogP contribution in [0.4, 0.5) is 0 Å². The minimum absolute atomic E-state index is 0.187. The van der Waals surface area contributed by atoms with Crippen molar-refractivity contribution in [1.82, 2.24) is 10.2 Å². The predicted octanol–water partition coefficient (Wildman–Crippen LogP) is 2.16. The number of hydrogen-bond acceptors (Lipinski definition) is 5. The molecule has 0 aliphatic carbocycles. The van der Waals surface area contributed by atoms with E-state index < -0.39 is 0 Å². The molecule has 1 aromatic heterocycles. The van der Waals surface area contributed by atoms with Gasteiger partial charge in [0, 0.05) is 6.42 Å². The lowest BCUT2D eigenvalue weighted by atomic mass is 10.1. The Kier molecular flexibility index (Phi) is 2.76. The minimum Gasteiger partial charge on any atom is -0.480 e. The second-order valence-corrected chi connectivity index (χ2v) is 4.41. The molecule has 0 saturated heterocycles. The zero-order valence-corrected chi connectivity index (χ0v) is 10.2. The summed E-state index contributed by atoms with van der Waals surface area (Å²) < 4.78 is 11.4. The van der Waals surface area contributed by atoms with Crippen LogP contribution in [-0.2, 0) is 6.42 Å². The third kappa shape index (κ3) is 1.86. The van der Waals surface area contributed by atoms with E-state index in [0.29, 0.717) is 11.8 Å². The highest BCUT2D eigenvalue weighted by Crippen LogP contribution is 2.35. The number of para-hydroxylation sites is 1. The lowest BCUT2D eigenvalue weighted by molar-refractivity contribution is 0.193. The van der Waals surface area contributed by atoms with Crippen LogP contribution in [0.1, 0.15) is 42.8 Å². The highest BCUT2D eigenvalue weighted by Gasteiger charge is 2.29. The van der Waals surface area contributed by atoms with Gasteiger partial charge in [0.2, 0.25) is 5.89 Å². The molecule has 0 fully saturated rings. The van der Waals surface area contributed by atoms with Crippen LogP contribution in [-0.4, -0.2) is 10.2 Å². The summed E-state index contributed by atoms with van der Waals surface area (Å²) in [6.07, 6.45) is 1.35. The van der Waals surface area contributed by atoms with E-state index in [0.717, 1.165) is 18.6 Å². The molecule has 1 aromatic carbocycles. The van der Waals surface area contributed by atoms with Crippen LogP contribution in [0.5, 0.6) is 5.75 Å². The predicted molar refractivity (Wildman–Crippen MR) is 65.0 cm³/mol. The summed E-state index contributed by atoms with van der Waals surface area (Å²) in [6, 6.07) is 7.74. The molecule has 5 heteroatoms. The molecule has 0 radical (unpaired) electrons. The molecule has 2 heterocycles. The van der Waals surface area contributed by atoms with Crippen molar-refractivity contribution in [1.29, 1.82) is 0 Å². The molecule has 5 nitrogen and oxygen atoms in total. The minimum atomic E-state index is -0.199. The Morgan fingerprint density at radius 2 is 2.22 bits per heavy atom. The zero-order chi connectivity index (χ0) is 12.5. The third-order valence-electron chi connectivity index (χ3n) is 3.14. The molecule has 2 aromatic rings. The Bertz CT molecular complexity index is 528. The van der Waals surface area contributed by atoms with Gasteiger partial charge in [-0.3, -0.25) is 0 Å². The van der Waals surface area contributed by atoms with E-state index in [-0.39, 0.29) is 12.1 Å². The fraction of sp³-hybridized carbons (Fsp3) is 0.385. The Hall–Kier alpha value is -1.88. The molecular weight excluding hydrogens is 230 g/mol. The molecule has 0 spiro atoms. The number of nitrogens with zero attached hydrogens (tertiary/aromatic N) is 2. The van der Waals surface area contributed by atoms with Gasteiger partial charge in [-0.1, -0.05) is 25.1 Å². The molecule has 1 aliphatic rings. The fourth-order valence-corrected chi connectivity index (χ4v) is 2.02. The van der Waals surface area contributed by atoms with Crippen molar-refractivity contribution < 1.29 is 9.15 Å². The molecular formula is C13H15N3O2. The Labute approximate surface area is 105 Å². The molecule has 3 rings (SSSR count). The maximum atomic E-state index is 5.85. The van der Waals surface area contributed by atoms with Gasteiger partial charge in [0.1, 0.15) is 5.75 Å². The molecule has 0 saturated carbocycles. The summed E-state index contributed by atoms with van der Waals surface area (Å²) in [5.41, 5.74) is 7.02. The first kappa shape index (κ1) is 11.2. The topological polar surface area (TPSA) is 74.2 Å². The lowest BCUT2D eigenvalue weighted by Crippen LogP contribution is -2.08. The van der Waals surface area contributed by atoms with Gasteiger partial charge in [-0.05, 0) is 18.1 Å². The first-order chi connectivity index (χ1) is 8.78. The first-order valence-electron chi connectivity index (χ1n) is 6.11. The van der Waals surface area contributed by atoms with Crippen molar-refractivity contribution in [3.05, 3.63) is 41.6 Å². The molecule has 2 unspecified atom stereocenters. The van der Waals surface area contributed by atoms with E-state index in [1.54, 1.807) is 0 Å². The van der Waals surface area contributed by atoms with Gasteiger partial charge in [0.15, 0.2) is 6.10 Å². The lowest BCUT2D eigenvalue weighted by Gasteiger charge is -2.05.